The molecule has 0 bridgehead atoms. The van der Waals surface area contributed by atoms with Crippen molar-refractivity contribution in [3.63, 3.8) is 0 Å². The van der Waals surface area contributed by atoms with Crippen LogP contribution in [0.2, 0.25) is 0 Å². The molecule has 8 nitrogen and oxygen atoms in total. The standard InChI is InChI=1S/C9H6BrN5O3S/c10-5-3-4(7(16)17)1-2-6(5)11-8(18)12-9-13-14-15-19-9/h1-3H,(H,16,17)(H2,11,12,13,15,18). The van der Waals surface area contributed by atoms with Gasteiger partial charge in [-0.15, -0.1) is 0 Å². The molecular weight excluding hydrogens is 338 g/mol. The van der Waals surface area contributed by atoms with Gasteiger partial charge in [0.1, 0.15) is 0 Å². The number of urea groups is 1. The molecule has 0 aliphatic heterocycles. The van der Waals surface area contributed by atoms with Crippen LogP contribution in [-0.2, 0) is 0 Å². The van der Waals surface area contributed by atoms with Gasteiger partial charge in [0.15, 0.2) is 0 Å². The van der Waals surface area contributed by atoms with E-state index in [0.717, 1.165) is 11.5 Å². The molecule has 0 saturated heterocycles. The normalized spacial score (nSPS) is 9.95. The fourth-order valence-electron chi connectivity index (χ4n) is 1.18. The van der Waals surface area contributed by atoms with Gasteiger partial charge in [-0.05, 0) is 39.3 Å². The number of carboxylic acids is 1. The van der Waals surface area contributed by atoms with Gasteiger partial charge in [-0.1, -0.05) is 9.59 Å². The highest BCUT2D eigenvalue weighted by Gasteiger charge is 2.10. The minimum atomic E-state index is -1.04. The van der Waals surface area contributed by atoms with Gasteiger partial charge in [0.25, 0.3) is 0 Å². The second-order valence-electron chi connectivity index (χ2n) is 3.25. The molecule has 2 rings (SSSR count). The van der Waals surface area contributed by atoms with Gasteiger partial charge in [-0.2, -0.15) is 0 Å². The minimum absolute atomic E-state index is 0.117. The van der Waals surface area contributed by atoms with Gasteiger partial charge < -0.3 is 10.4 Å². The summed E-state index contributed by atoms with van der Waals surface area (Å²) in [5.74, 6) is -1.04. The van der Waals surface area contributed by atoms with Crippen molar-refractivity contribution in [3.05, 3.63) is 28.2 Å². The van der Waals surface area contributed by atoms with Crippen LogP contribution < -0.4 is 10.6 Å². The Morgan fingerprint density at radius 3 is 2.68 bits per heavy atom. The first-order valence-electron chi connectivity index (χ1n) is 4.82. The Bertz CT molecular complexity index is 618. The summed E-state index contributed by atoms with van der Waals surface area (Å²) in [7, 11) is 0. The maximum Gasteiger partial charge on any atom is 0.335 e. The Balaban J connectivity index is 2.07. The van der Waals surface area contributed by atoms with Crippen LogP contribution in [0.15, 0.2) is 22.7 Å². The quantitative estimate of drug-likeness (QED) is 0.784. The second-order valence-corrected chi connectivity index (χ2v) is 4.83. The predicted octanol–water partition coefficient (Wildman–Crippen LogP) is 2.04. The third kappa shape index (κ3) is 3.45. The largest absolute Gasteiger partial charge is 0.478 e. The zero-order valence-electron chi connectivity index (χ0n) is 9.12. The molecule has 0 aliphatic rings. The summed E-state index contributed by atoms with van der Waals surface area (Å²) in [4.78, 5) is 22.4. The lowest BCUT2D eigenvalue weighted by Crippen LogP contribution is -2.19. The maximum absolute atomic E-state index is 11.6. The number of halogens is 1. The first-order valence-corrected chi connectivity index (χ1v) is 6.39. The van der Waals surface area contributed by atoms with E-state index in [0.29, 0.717) is 10.2 Å². The molecule has 0 aliphatic carbocycles. The van der Waals surface area contributed by atoms with E-state index in [2.05, 4.69) is 41.4 Å². The van der Waals surface area contributed by atoms with E-state index in [1.807, 2.05) is 0 Å². The van der Waals surface area contributed by atoms with Crippen molar-refractivity contribution >= 4 is 50.3 Å². The van der Waals surface area contributed by atoms with Crippen LogP contribution in [0.3, 0.4) is 0 Å². The van der Waals surface area contributed by atoms with E-state index in [1.165, 1.54) is 18.2 Å². The lowest BCUT2D eigenvalue weighted by molar-refractivity contribution is 0.0697. The zero-order valence-corrected chi connectivity index (χ0v) is 11.5. The molecule has 3 N–H and O–H groups in total. The monoisotopic (exact) mass is 343 g/mol. The number of amides is 2. The molecule has 1 heterocycles. The number of aromatic nitrogens is 3. The molecule has 1 aromatic heterocycles. The van der Waals surface area contributed by atoms with Gasteiger partial charge in [-0.25, -0.2) is 9.59 Å². The lowest BCUT2D eigenvalue weighted by atomic mass is 10.2. The van der Waals surface area contributed by atoms with Crippen LogP contribution in [0.1, 0.15) is 10.4 Å². The highest BCUT2D eigenvalue weighted by Crippen LogP contribution is 2.24. The van der Waals surface area contributed by atoms with Crippen LogP contribution in [0.5, 0.6) is 0 Å². The number of carbonyl (C=O) groups is 2. The van der Waals surface area contributed by atoms with Crippen LogP contribution >= 0.6 is 27.5 Å². The maximum atomic E-state index is 11.6. The van der Waals surface area contributed by atoms with Crippen LogP contribution in [0.25, 0.3) is 0 Å². The van der Waals surface area contributed by atoms with Crippen LogP contribution in [0, 0.1) is 0 Å². The molecule has 1 aromatic carbocycles. The summed E-state index contributed by atoms with van der Waals surface area (Å²) in [6.45, 7) is 0. The molecular formula is C9H6BrN5O3S. The minimum Gasteiger partial charge on any atom is -0.478 e. The first kappa shape index (κ1) is 13.4. The third-order valence-electron chi connectivity index (χ3n) is 1.98. The molecule has 98 valence electrons. The predicted molar refractivity (Wildman–Crippen MR) is 71.4 cm³/mol. The van der Waals surface area contributed by atoms with Crippen molar-refractivity contribution in [1.29, 1.82) is 0 Å². The van der Waals surface area contributed by atoms with Crippen molar-refractivity contribution in [2.24, 2.45) is 0 Å². The molecule has 0 atom stereocenters. The summed E-state index contributed by atoms with van der Waals surface area (Å²) in [5, 5.41) is 20.9. The van der Waals surface area contributed by atoms with E-state index in [4.69, 9.17) is 5.11 Å². The van der Waals surface area contributed by atoms with E-state index < -0.39 is 12.0 Å². The number of hydrogen-bond acceptors (Lipinski definition) is 6. The Morgan fingerprint density at radius 2 is 2.11 bits per heavy atom. The SMILES string of the molecule is O=C(Nc1nnns1)Nc1ccc(C(=O)O)cc1Br. The van der Waals surface area contributed by atoms with Crippen LogP contribution in [-0.4, -0.2) is 31.9 Å². The van der Waals surface area contributed by atoms with Gasteiger partial charge in [0, 0.05) is 16.0 Å². The van der Waals surface area contributed by atoms with Crippen molar-refractivity contribution in [1.82, 2.24) is 14.8 Å². The van der Waals surface area contributed by atoms with E-state index in [9.17, 15) is 9.59 Å². The summed E-state index contributed by atoms with van der Waals surface area (Å²) >= 11 is 4.12. The van der Waals surface area contributed by atoms with Gasteiger partial charge in [-0.3, -0.25) is 5.32 Å². The number of carbonyl (C=O) groups excluding carboxylic acids is 1. The molecule has 2 amide bonds. The number of anilines is 2. The molecule has 0 unspecified atom stereocenters. The highest BCUT2D eigenvalue weighted by molar-refractivity contribution is 9.10. The summed E-state index contributed by atoms with van der Waals surface area (Å²) in [6.07, 6.45) is 0. The van der Waals surface area contributed by atoms with Gasteiger partial charge in [0.2, 0.25) is 5.13 Å². The summed E-state index contributed by atoms with van der Waals surface area (Å²) < 4.78 is 3.95. The number of aromatic carboxylic acids is 1. The fourth-order valence-corrected chi connectivity index (χ4v) is 2.02. The smallest absolute Gasteiger partial charge is 0.335 e. The van der Waals surface area contributed by atoms with Crippen molar-refractivity contribution < 1.29 is 14.7 Å². The molecule has 2 aromatic rings. The number of hydrogen-bond donors (Lipinski definition) is 3. The van der Waals surface area contributed by atoms with Crippen molar-refractivity contribution in [2.45, 2.75) is 0 Å². The second kappa shape index (κ2) is 5.71. The Morgan fingerprint density at radius 1 is 1.32 bits per heavy atom. The Hall–Kier alpha value is -2.07. The summed E-state index contributed by atoms with van der Waals surface area (Å²) in [6, 6.07) is 3.73. The highest BCUT2D eigenvalue weighted by atomic mass is 79.9. The van der Waals surface area contributed by atoms with Crippen LogP contribution in [0.4, 0.5) is 15.6 Å². The molecule has 19 heavy (non-hydrogen) atoms. The molecule has 0 radical (unpaired) electrons. The molecule has 0 saturated carbocycles. The Labute approximate surface area is 119 Å². The average Bonchev–Trinajstić information content (AvgIpc) is 2.84. The lowest BCUT2D eigenvalue weighted by Gasteiger charge is -2.07. The number of nitrogens with zero attached hydrogens (tertiary/aromatic N) is 3. The first-order chi connectivity index (χ1) is 9.06. The summed E-state index contributed by atoms with van der Waals surface area (Å²) in [5.41, 5.74) is 0.547. The molecule has 10 heteroatoms. The number of nitrogens with one attached hydrogen (secondary N) is 2. The molecule has 0 fully saturated rings. The Kier molecular flexibility index (Phi) is 4.02. The van der Waals surface area contributed by atoms with Crippen molar-refractivity contribution in [2.75, 3.05) is 10.6 Å². The van der Waals surface area contributed by atoms with E-state index in [1.54, 1.807) is 0 Å². The third-order valence-corrected chi connectivity index (χ3v) is 3.15. The fraction of sp³-hybridized carbons (Fsp3) is 0. The van der Waals surface area contributed by atoms with Gasteiger partial charge in [0.05, 0.1) is 11.3 Å². The number of rotatable bonds is 3. The topological polar surface area (TPSA) is 117 Å². The zero-order chi connectivity index (χ0) is 13.8. The van der Waals surface area contributed by atoms with Crippen molar-refractivity contribution in [3.8, 4) is 0 Å². The van der Waals surface area contributed by atoms with E-state index >= 15 is 0 Å². The van der Waals surface area contributed by atoms with Gasteiger partial charge >= 0.3 is 12.0 Å². The molecule has 0 spiro atoms. The number of carboxylic acid groups (broad SMARTS) is 1. The average molecular weight is 344 g/mol. The van der Waals surface area contributed by atoms with E-state index in [-0.39, 0.29) is 10.7 Å². The number of benzene rings is 1.